The molecule has 0 aromatic heterocycles. The van der Waals surface area contributed by atoms with Gasteiger partial charge in [-0.25, -0.2) is 13.2 Å². The van der Waals surface area contributed by atoms with E-state index >= 15 is 0 Å². The molecule has 0 bridgehead atoms. The summed E-state index contributed by atoms with van der Waals surface area (Å²) >= 11 is 0. The molecule has 0 aromatic rings. The largest absolute Gasteiger partial charge is 0.391 e. The van der Waals surface area contributed by atoms with Crippen LogP contribution in [0.15, 0.2) is 0 Å². The van der Waals surface area contributed by atoms with Crippen LogP contribution >= 0.6 is 0 Å². The zero-order valence-electron chi connectivity index (χ0n) is 12.8. The predicted octanol–water partition coefficient (Wildman–Crippen LogP) is -0.113. The Bertz CT molecular complexity index is 543. The van der Waals surface area contributed by atoms with E-state index in [1.807, 2.05) is 0 Å². The second-order valence-corrected chi connectivity index (χ2v) is 8.83. The Kier molecular flexibility index (Phi) is 4.11. The number of ether oxygens (including phenoxy) is 1. The number of amides is 2. The lowest BCUT2D eigenvalue weighted by molar-refractivity contribution is 0.0451. The van der Waals surface area contributed by atoms with Crippen LogP contribution in [0.25, 0.3) is 0 Å². The van der Waals surface area contributed by atoms with Crippen LogP contribution in [0, 0.1) is 0 Å². The molecule has 7 nitrogen and oxygen atoms in total. The number of methoxy groups -OCH3 is 1. The Morgan fingerprint density at radius 2 is 2.00 bits per heavy atom. The number of nitrogens with one attached hydrogen (secondary N) is 1. The lowest BCUT2D eigenvalue weighted by Crippen LogP contribution is -2.57. The van der Waals surface area contributed by atoms with Gasteiger partial charge in [-0.1, -0.05) is 12.8 Å². The van der Waals surface area contributed by atoms with Crippen molar-refractivity contribution >= 4 is 15.9 Å². The van der Waals surface area contributed by atoms with Crippen LogP contribution in [0.1, 0.15) is 32.1 Å². The summed E-state index contributed by atoms with van der Waals surface area (Å²) in [5.74, 6) is -0.136. The number of aliphatic hydroxyl groups excluding tert-OH is 1. The molecule has 3 atom stereocenters. The van der Waals surface area contributed by atoms with Crippen molar-refractivity contribution in [3.63, 3.8) is 0 Å². The maximum atomic E-state index is 12.6. The minimum atomic E-state index is -3.17. The van der Waals surface area contributed by atoms with Crippen LogP contribution in [0.2, 0.25) is 0 Å². The standard InChI is InChI=1S/C14H24N2O5S/c1-21-11-9-22(19,20)8-10(11)15-13(18)16-7-4-12(17)14(16)5-2-3-6-14/h10-12,17H,2-9H2,1H3,(H,15,18). The molecule has 126 valence electrons. The van der Waals surface area contributed by atoms with Crippen LogP contribution in [-0.2, 0) is 14.6 Å². The van der Waals surface area contributed by atoms with Gasteiger partial charge in [0.1, 0.15) is 0 Å². The topological polar surface area (TPSA) is 95.9 Å². The van der Waals surface area contributed by atoms with Crippen molar-refractivity contribution in [1.29, 1.82) is 0 Å². The lowest BCUT2D eigenvalue weighted by Gasteiger charge is -2.38. The van der Waals surface area contributed by atoms with Gasteiger partial charge < -0.3 is 20.1 Å². The molecule has 2 aliphatic heterocycles. The Labute approximate surface area is 130 Å². The quantitative estimate of drug-likeness (QED) is 0.735. The second kappa shape index (κ2) is 5.65. The van der Waals surface area contributed by atoms with Gasteiger partial charge >= 0.3 is 6.03 Å². The fourth-order valence-corrected chi connectivity index (χ4v) is 6.09. The first-order chi connectivity index (χ1) is 10.4. The molecular formula is C14H24N2O5S. The highest BCUT2D eigenvalue weighted by Gasteiger charge is 2.52. The molecule has 3 unspecified atom stereocenters. The average Bonchev–Trinajstić information content (AvgIpc) is 3.12. The molecular weight excluding hydrogens is 308 g/mol. The number of likely N-dealkylation sites (tertiary alicyclic amines) is 1. The smallest absolute Gasteiger partial charge is 0.318 e. The number of hydrogen-bond acceptors (Lipinski definition) is 5. The van der Waals surface area contributed by atoms with Gasteiger partial charge in [0.15, 0.2) is 9.84 Å². The van der Waals surface area contributed by atoms with Crippen molar-refractivity contribution in [2.45, 2.75) is 55.9 Å². The van der Waals surface area contributed by atoms with Gasteiger partial charge in [0.2, 0.25) is 0 Å². The minimum Gasteiger partial charge on any atom is -0.391 e. The number of sulfone groups is 1. The van der Waals surface area contributed by atoms with Gasteiger partial charge in [-0.05, 0) is 19.3 Å². The minimum absolute atomic E-state index is 0.0534. The van der Waals surface area contributed by atoms with E-state index in [-0.39, 0.29) is 17.5 Å². The molecule has 3 fully saturated rings. The summed E-state index contributed by atoms with van der Waals surface area (Å²) in [7, 11) is -1.71. The summed E-state index contributed by atoms with van der Waals surface area (Å²) in [6, 6.07) is -0.790. The first-order valence-electron chi connectivity index (χ1n) is 7.87. The van der Waals surface area contributed by atoms with E-state index in [9.17, 15) is 18.3 Å². The molecule has 2 heterocycles. The summed E-state index contributed by atoms with van der Waals surface area (Å²) < 4.78 is 28.7. The molecule has 1 spiro atoms. The van der Waals surface area contributed by atoms with Gasteiger partial charge in [0.25, 0.3) is 0 Å². The molecule has 3 rings (SSSR count). The van der Waals surface area contributed by atoms with Crippen LogP contribution in [0.5, 0.6) is 0 Å². The van der Waals surface area contributed by atoms with E-state index < -0.39 is 33.6 Å². The first-order valence-corrected chi connectivity index (χ1v) is 9.69. The monoisotopic (exact) mass is 332 g/mol. The number of carbonyl (C=O) groups is 1. The molecule has 2 amide bonds. The Morgan fingerprint density at radius 3 is 2.64 bits per heavy atom. The van der Waals surface area contributed by atoms with E-state index in [1.54, 1.807) is 4.90 Å². The zero-order chi connectivity index (χ0) is 16.0. The highest BCUT2D eigenvalue weighted by Crippen LogP contribution is 2.43. The number of urea groups is 1. The van der Waals surface area contributed by atoms with Gasteiger partial charge in [-0.2, -0.15) is 0 Å². The fraction of sp³-hybridized carbons (Fsp3) is 0.929. The van der Waals surface area contributed by atoms with Crippen molar-refractivity contribution in [2.24, 2.45) is 0 Å². The van der Waals surface area contributed by atoms with Gasteiger partial charge in [0, 0.05) is 13.7 Å². The maximum absolute atomic E-state index is 12.6. The van der Waals surface area contributed by atoms with Crippen molar-refractivity contribution in [3.05, 3.63) is 0 Å². The molecule has 8 heteroatoms. The summed E-state index contributed by atoms with van der Waals surface area (Å²) in [6.45, 7) is 0.518. The third-order valence-electron chi connectivity index (χ3n) is 5.41. The van der Waals surface area contributed by atoms with Crippen molar-refractivity contribution in [2.75, 3.05) is 25.2 Å². The molecule has 2 saturated heterocycles. The van der Waals surface area contributed by atoms with Crippen molar-refractivity contribution < 1.29 is 23.1 Å². The highest BCUT2D eigenvalue weighted by molar-refractivity contribution is 7.91. The SMILES string of the molecule is COC1CS(=O)(=O)CC1NC(=O)N1CCC(O)C12CCCC2. The van der Waals surface area contributed by atoms with Crippen LogP contribution in [0.3, 0.4) is 0 Å². The molecule has 3 aliphatic rings. The molecule has 22 heavy (non-hydrogen) atoms. The Balaban J connectivity index is 1.72. The van der Waals surface area contributed by atoms with Crippen LogP contribution < -0.4 is 5.32 Å². The average molecular weight is 332 g/mol. The lowest BCUT2D eigenvalue weighted by atomic mass is 9.91. The first kappa shape index (κ1) is 16.0. The summed E-state index contributed by atoms with van der Waals surface area (Å²) in [5, 5.41) is 13.1. The molecule has 0 aromatic carbocycles. The van der Waals surface area contributed by atoms with Crippen molar-refractivity contribution in [3.8, 4) is 0 Å². The summed E-state index contributed by atoms with van der Waals surface area (Å²) in [4.78, 5) is 14.4. The second-order valence-electron chi connectivity index (χ2n) is 6.67. The Morgan fingerprint density at radius 1 is 1.32 bits per heavy atom. The van der Waals surface area contributed by atoms with E-state index in [1.165, 1.54) is 7.11 Å². The molecule has 2 N–H and O–H groups in total. The van der Waals surface area contributed by atoms with E-state index in [0.29, 0.717) is 13.0 Å². The van der Waals surface area contributed by atoms with E-state index in [2.05, 4.69) is 5.32 Å². The third-order valence-corrected chi connectivity index (χ3v) is 7.11. The van der Waals surface area contributed by atoms with Crippen LogP contribution in [-0.4, -0.2) is 73.4 Å². The predicted molar refractivity (Wildman–Crippen MR) is 80.3 cm³/mol. The highest BCUT2D eigenvalue weighted by atomic mass is 32.2. The number of carbonyl (C=O) groups excluding carboxylic acids is 1. The third kappa shape index (κ3) is 2.61. The van der Waals surface area contributed by atoms with Gasteiger partial charge in [0.05, 0.1) is 35.3 Å². The number of hydrogen-bond donors (Lipinski definition) is 2. The van der Waals surface area contributed by atoms with E-state index in [0.717, 1.165) is 25.7 Å². The molecule has 1 aliphatic carbocycles. The summed E-state index contributed by atoms with van der Waals surface area (Å²) in [5.41, 5.74) is -0.454. The van der Waals surface area contributed by atoms with E-state index in [4.69, 9.17) is 4.74 Å². The normalized spacial score (nSPS) is 36.1. The number of nitrogens with zero attached hydrogens (tertiary/aromatic N) is 1. The number of aliphatic hydroxyl groups is 1. The molecule has 1 saturated carbocycles. The summed E-state index contributed by atoms with van der Waals surface area (Å²) in [6.07, 6.45) is 3.27. The number of rotatable bonds is 2. The fourth-order valence-electron chi connectivity index (χ4n) is 4.24. The zero-order valence-corrected chi connectivity index (χ0v) is 13.6. The van der Waals surface area contributed by atoms with Crippen molar-refractivity contribution in [1.82, 2.24) is 10.2 Å². The maximum Gasteiger partial charge on any atom is 0.318 e. The van der Waals surface area contributed by atoms with Gasteiger partial charge in [-0.15, -0.1) is 0 Å². The van der Waals surface area contributed by atoms with Crippen LogP contribution in [0.4, 0.5) is 4.79 Å². The molecule has 0 radical (unpaired) electrons. The Hall–Kier alpha value is -0.860. The van der Waals surface area contributed by atoms with Gasteiger partial charge in [-0.3, -0.25) is 0 Å².